The molecule has 1 saturated heterocycles. The van der Waals surface area contributed by atoms with Crippen LogP contribution in [0.15, 0.2) is 12.4 Å². The summed E-state index contributed by atoms with van der Waals surface area (Å²) in [4.78, 5) is 14.5. The van der Waals surface area contributed by atoms with Crippen LogP contribution in [0.1, 0.15) is 38.3 Å². The first kappa shape index (κ1) is 17.0. The quantitative estimate of drug-likeness (QED) is 0.925. The van der Waals surface area contributed by atoms with E-state index in [1.54, 1.807) is 10.9 Å². The van der Waals surface area contributed by atoms with E-state index in [0.717, 1.165) is 31.5 Å². The standard InChI is InChI=1S/C14H24N4O.ClH/c1-14(2)5-7-18(8-6-14)13(19)12(15-3)11-9-16-17(4)10-11;/h9-10,12,15H,5-8H2,1-4H3;1H. The lowest BCUT2D eigenvalue weighted by Gasteiger charge is -2.38. The lowest BCUT2D eigenvalue weighted by atomic mass is 9.82. The molecule has 1 atom stereocenters. The lowest BCUT2D eigenvalue weighted by molar-refractivity contribution is -0.135. The zero-order valence-corrected chi connectivity index (χ0v) is 13.5. The molecule has 1 unspecified atom stereocenters. The van der Waals surface area contributed by atoms with Gasteiger partial charge in [-0.1, -0.05) is 13.8 Å². The van der Waals surface area contributed by atoms with E-state index in [0.29, 0.717) is 5.41 Å². The van der Waals surface area contributed by atoms with Crippen molar-refractivity contribution in [2.24, 2.45) is 12.5 Å². The number of rotatable bonds is 3. The highest BCUT2D eigenvalue weighted by Crippen LogP contribution is 2.30. The van der Waals surface area contributed by atoms with Gasteiger partial charge in [-0.05, 0) is 25.3 Å². The number of carbonyl (C=O) groups excluding carboxylic acids is 1. The topological polar surface area (TPSA) is 50.2 Å². The molecule has 1 aromatic heterocycles. The Morgan fingerprint density at radius 3 is 2.45 bits per heavy atom. The van der Waals surface area contributed by atoms with E-state index in [-0.39, 0.29) is 24.4 Å². The van der Waals surface area contributed by atoms with Crippen molar-refractivity contribution in [3.8, 4) is 0 Å². The number of likely N-dealkylation sites (N-methyl/N-ethyl adjacent to an activating group) is 1. The van der Waals surface area contributed by atoms with Crippen LogP contribution in [-0.2, 0) is 11.8 Å². The van der Waals surface area contributed by atoms with Crippen molar-refractivity contribution in [3.05, 3.63) is 18.0 Å². The Morgan fingerprint density at radius 2 is 2.00 bits per heavy atom. The number of nitrogens with one attached hydrogen (secondary N) is 1. The summed E-state index contributed by atoms with van der Waals surface area (Å²) in [6, 6.07) is -0.282. The van der Waals surface area contributed by atoms with Crippen LogP contribution in [0.4, 0.5) is 0 Å². The number of amides is 1. The number of hydrogen-bond acceptors (Lipinski definition) is 3. The number of nitrogens with zero attached hydrogens (tertiary/aromatic N) is 3. The predicted octanol–water partition coefficient (Wildman–Crippen LogP) is 1.75. The van der Waals surface area contributed by atoms with Gasteiger partial charge in [-0.15, -0.1) is 12.4 Å². The first-order valence-corrected chi connectivity index (χ1v) is 6.87. The summed E-state index contributed by atoms with van der Waals surface area (Å²) in [6.07, 6.45) is 5.80. The van der Waals surface area contributed by atoms with Crippen molar-refractivity contribution in [1.29, 1.82) is 0 Å². The largest absolute Gasteiger partial charge is 0.341 e. The van der Waals surface area contributed by atoms with Crippen molar-refractivity contribution in [3.63, 3.8) is 0 Å². The molecule has 6 heteroatoms. The number of carbonyl (C=O) groups is 1. The highest BCUT2D eigenvalue weighted by Gasteiger charge is 2.31. The van der Waals surface area contributed by atoms with E-state index in [9.17, 15) is 4.79 Å². The van der Waals surface area contributed by atoms with Gasteiger partial charge >= 0.3 is 0 Å². The summed E-state index contributed by atoms with van der Waals surface area (Å²) in [5.41, 5.74) is 1.29. The Labute approximate surface area is 127 Å². The summed E-state index contributed by atoms with van der Waals surface area (Å²) in [5.74, 6) is 0.158. The van der Waals surface area contributed by atoms with Gasteiger partial charge in [-0.3, -0.25) is 9.48 Å². The van der Waals surface area contributed by atoms with E-state index >= 15 is 0 Å². The average Bonchev–Trinajstić information content (AvgIpc) is 2.76. The molecule has 2 heterocycles. The van der Waals surface area contributed by atoms with Crippen LogP contribution in [0.25, 0.3) is 0 Å². The highest BCUT2D eigenvalue weighted by molar-refractivity contribution is 5.85. The second-order valence-electron chi connectivity index (χ2n) is 6.16. The summed E-state index contributed by atoms with van der Waals surface area (Å²) in [7, 11) is 3.69. The molecule has 5 nitrogen and oxygen atoms in total. The maximum Gasteiger partial charge on any atom is 0.244 e. The molecule has 1 N–H and O–H groups in total. The monoisotopic (exact) mass is 300 g/mol. The van der Waals surface area contributed by atoms with Crippen LogP contribution in [0.2, 0.25) is 0 Å². The number of likely N-dealkylation sites (tertiary alicyclic amines) is 1. The molecule has 1 amide bonds. The van der Waals surface area contributed by atoms with E-state index in [2.05, 4.69) is 24.3 Å². The van der Waals surface area contributed by atoms with Gasteiger partial charge in [0.2, 0.25) is 5.91 Å². The zero-order valence-electron chi connectivity index (χ0n) is 12.7. The van der Waals surface area contributed by atoms with Gasteiger partial charge in [0.05, 0.1) is 6.20 Å². The van der Waals surface area contributed by atoms with E-state index in [4.69, 9.17) is 0 Å². The van der Waals surface area contributed by atoms with E-state index in [1.165, 1.54) is 0 Å². The number of piperidine rings is 1. The molecule has 114 valence electrons. The minimum Gasteiger partial charge on any atom is -0.341 e. The van der Waals surface area contributed by atoms with E-state index in [1.807, 2.05) is 25.2 Å². The molecule has 0 spiro atoms. The molecule has 1 aliphatic rings. The minimum atomic E-state index is -0.282. The Bertz CT molecular complexity index is 448. The fraction of sp³-hybridized carbons (Fsp3) is 0.714. The molecule has 0 bridgehead atoms. The average molecular weight is 301 g/mol. The summed E-state index contributed by atoms with van der Waals surface area (Å²) in [5, 5.41) is 7.25. The van der Waals surface area contributed by atoms with Crippen molar-refractivity contribution in [2.45, 2.75) is 32.7 Å². The first-order valence-electron chi connectivity index (χ1n) is 6.87. The molecule has 0 aliphatic carbocycles. The molecule has 1 aliphatic heterocycles. The molecule has 0 radical (unpaired) electrons. The maximum absolute atomic E-state index is 12.6. The normalized spacial score (nSPS) is 19.3. The fourth-order valence-electron chi connectivity index (χ4n) is 2.54. The molecule has 2 rings (SSSR count). The maximum atomic E-state index is 12.6. The predicted molar refractivity (Wildman–Crippen MR) is 81.9 cm³/mol. The molecule has 0 saturated carbocycles. The third-order valence-electron chi connectivity index (χ3n) is 4.02. The van der Waals surface area contributed by atoms with Crippen LogP contribution >= 0.6 is 12.4 Å². The van der Waals surface area contributed by atoms with Crippen molar-refractivity contribution in [1.82, 2.24) is 20.0 Å². The van der Waals surface area contributed by atoms with Gasteiger partial charge in [-0.2, -0.15) is 5.10 Å². The fourth-order valence-corrected chi connectivity index (χ4v) is 2.54. The van der Waals surface area contributed by atoms with Crippen molar-refractivity contribution >= 4 is 18.3 Å². The van der Waals surface area contributed by atoms with Gasteiger partial charge in [0.15, 0.2) is 0 Å². The Kier molecular flexibility index (Phi) is 5.59. The lowest BCUT2D eigenvalue weighted by Crippen LogP contribution is -2.45. The smallest absolute Gasteiger partial charge is 0.244 e. The van der Waals surface area contributed by atoms with Crippen LogP contribution in [0.3, 0.4) is 0 Å². The summed E-state index contributed by atoms with van der Waals surface area (Å²) in [6.45, 7) is 6.24. The van der Waals surface area contributed by atoms with Gasteiger partial charge in [0, 0.05) is 31.9 Å². The van der Waals surface area contributed by atoms with Crippen LogP contribution in [0.5, 0.6) is 0 Å². The van der Waals surface area contributed by atoms with E-state index < -0.39 is 0 Å². The number of hydrogen-bond donors (Lipinski definition) is 1. The number of aryl methyl sites for hydroxylation is 1. The van der Waals surface area contributed by atoms with Crippen molar-refractivity contribution < 1.29 is 4.79 Å². The Morgan fingerprint density at radius 1 is 1.40 bits per heavy atom. The summed E-state index contributed by atoms with van der Waals surface area (Å²) >= 11 is 0. The van der Waals surface area contributed by atoms with Gasteiger partial charge < -0.3 is 10.2 Å². The van der Waals surface area contributed by atoms with Gasteiger partial charge in [0.25, 0.3) is 0 Å². The summed E-state index contributed by atoms with van der Waals surface area (Å²) < 4.78 is 1.73. The molecular weight excluding hydrogens is 276 g/mol. The highest BCUT2D eigenvalue weighted by atomic mass is 35.5. The third-order valence-corrected chi connectivity index (χ3v) is 4.02. The molecule has 1 aromatic rings. The number of halogens is 1. The van der Waals surface area contributed by atoms with Gasteiger partial charge in [-0.25, -0.2) is 0 Å². The van der Waals surface area contributed by atoms with Gasteiger partial charge in [0.1, 0.15) is 6.04 Å². The number of aromatic nitrogens is 2. The molecule has 20 heavy (non-hydrogen) atoms. The minimum absolute atomic E-state index is 0. The Hall–Kier alpha value is -1.07. The zero-order chi connectivity index (χ0) is 14.0. The Balaban J connectivity index is 0.00000200. The molecular formula is C14H25ClN4O. The van der Waals surface area contributed by atoms with Crippen LogP contribution in [0, 0.1) is 5.41 Å². The molecule has 0 aromatic carbocycles. The van der Waals surface area contributed by atoms with Crippen LogP contribution in [-0.4, -0.2) is 40.7 Å². The van der Waals surface area contributed by atoms with Crippen molar-refractivity contribution in [2.75, 3.05) is 20.1 Å². The van der Waals surface area contributed by atoms with Crippen LogP contribution < -0.4 is 5.32 Å². The SMILES string of the molecule is CNC(C(=O)N1CCC(C)(C)CC1)c1cnn(C)c1.Cl. The first-order chi connectivity index (χ1) is 8.93. The molecule has 1 fully saturated rings. The third kappa shape index (κ3) is 3.73. The second kappa shape index (κ2) is 6.59. The second-order valence-corrected chi connectivity index (χ2v) is 6.16.